The molecule has 2 nitrogen and oxygen atoms in total. The number of benzene rings is 2. The molecule has 0 atom stereocenters. The Morgan fingerprint density at radius 3 is 2.65 bits per heavy atom. The van der Waals surface area contributed by atoms with E-state index in [0.717, 1.165) is 6.07 Å². The van der Waals surface area contributed by atoms with Crippen molar-refractivity contribution < 1.29 is 13.2 Å². The molecule has 2 aromatic rings. The normalized spacial score (nSPS) is 13.0. The van der Waals surface area contributed by atoms with Gasteiger partial charge in [-0.05, 0) is 34.9 Å². The van der Waals surface area contributed by atoms with Crippen LogP contribution in [0.1, 0.15) is 16.7 Å². The maximum Gasteiger partial charge on any atom is 0.184 e. The molecule has 0 amide bonds. The van der Waals surface area contributed by atoms with Crippen LogP contribution in [0.2, 0.25) is 5.02 Å². The highest BCUT2D eigenvalue weighted by atomic mass is 35.5. The molecule has 7 heteroatoms. The van der Waals surface area contributed by atoms with E-state index >= 15 is 0 Å². The Morgan fingerprint density at radius 2 is 1.96 bits per heavy atom. The Hall–Kier alpha value is -1.92. The number of hydrogen-bond acceptors (Lipinski definition) is 3. The monoisotopic (exact) mass is 354 g/mol. The highest BCUT2D eigenvalue weighted by Gasteiger charge is 2.25. The van der Waals surface area contributed by atoms with Crippen molar-refractivity contribution in [1.82, 2.24) is 0 Å². The predicted octanol–water partition coefficient (Wildman–Crippen LogP) is 4.26. The Bertz CT molecular complexity index is 865. The second-order valence-corrected chi connectivity index (χ2v) is 6.08. The maximum absolute atomic E-state index is 13.8. The van der Waals surface area contributed by atoms with E-state index in [9.17, 15) is 13.2 Å². The number of hydrogen-bond donors (Lipinski definition) is 1. The molecule has 0 saturated carbocycles. The zero-order chi connectivity index (χ0) is 16.7. The summed E-state index contributed by atoms with van der Waals surface area (Å²) in [5.41, 5.74) is 7.05. The molecule has 0 fully saturated rings. The molecule has 23 heavy (non-hydrogen) atoms. The molecule has 0 saturated heterocycles. The number of nitrogens with two attached hydrogens (primary N) is 1. The Labute approximate surface area is 140 Å². The third-order valence-electron chi connectivity index (χ3n) is 3.56. The summed E-state index contributed by atoms with van der Waals surface area (Å²) in [6.45, 7) is 0. The molecule has 2 aromatic carbocycles. The molecule has 2 N–H and O–H groups in total. The molecule has 0 aliphatic carbocycles. The summed E-state index contributed by atoms with van der Waals surface area (Å²) in [6.07, 6.45) is 0.457. The Morgan fingerprint density at radius 1 is 1.22 bits per heavy atom. The van der Waals surface area contributed by atoms with Crippen LogP contribution in [-0.2, 0) is 12.8 Å². The molecular formula is C16H10ClF3N2S. The molecule has 3 rings (SSSR count). The zero-order valence-corrected chi connectivity index (χ0v) is 13.2. The van der Waals surface area contributed by atoms with Crippen LogP contribution in [0.3, 0.4) is 0 Å². The van der Waals surface area contributed by atoms with Gasteiger partial charge < -0.3 is 5.73 Å². The van der Waals surface area contributed by atoms with Crippen molar-refractivity contribution in [2.24, 2.45) is 10.7 Å². The fourth-order valence-electron chi connectivity index (χ4n) is 2.49. The van der Waals surface area contributed by atoms with Gasteiger partial charge in [0.2, 0.25) is 0 Å². The lowest BCUT2D eigenvalue weighted by atomic mass is 9.97. The van der Waals surface area contributed by atoms with Gasteiger partial charge in [0.1, 0.15) is 17.3 Å². The van der Waals surface area contributed by atoms with Crippen LogP contribution >= 0.6 is 23.8 Å². The van der Waals surface area contributed by atoms with Gasteiger partial charge in [-0.25, -0.2) is 18.2 Å². The molecule has 0 aromatic heterocycles. The van der Waals surface area contributed by atoms with Crippen LogP contribution in [0.5, 0.6) is 0 Å². The highest BCUT2D eigenvalue weighted by molar-refractivity contribution is 7.80. The quantitative estimate of drug-likeness (QED) is 0.660. The summed E-state index contributed by atoms with van der Waals surface area (Å²) in [7, 11) is 0. The molecule has 0 bridgehead atoms. The van der Waals surface area contributed by atoms with E-state index in [0.29, 0.717) is 21.6 Å². The van der Waals surface area contributed by atoms with Gasteiger partial charge in [-0.1, -0.05) is 29.9 Å². The highest BCUT2D eigenvalue weighted by Crippen LogP contribution is 2.34. The van der Waals surface area contributed by atoms with Crippen molar-refractivity contribution in [1.29, 1.82) is 0 Å². The van der Waals surface area contributed by atoms with E-state index in [-0.39, 0.29) is 29.4 Å². The summed E-state index contributed by atoms with van der Waals surface area (Å²) in [5.74, 6) is -2.39. The van der Waals surface area contributed by atoms with Crippen molar-refractivity contribution in [3.63, 3.8) is 0 Å². The summed E-state index contributed by atoms with van der Waals surface area (Å²) in [4.78, 5) is 4.22. The van der Waals surface area contributed by atoms with Crippen molar-refractivity contribution in [3.05, 3.63) is 63.4 Å². The second-order valence-electron chi connectivity index (χ2n) is 5.18. The molecule has 118 valence electrons. The molecule has 0 spiro atoms. The zero-order valence-electron chi connectivity index (χ0n) is 11.7. The van der Waals surface area contributed by atoms with Crippen LogP contribution in [0.25, 0.3) is 0 Å². The lowest BCUT2D eigenvalue weighted by Gasteiger charge is -2.11. The first kappa shape index (κ1) is 16.0. The van der Waals surface area contributed by atoms with Gasteiger partial charge in [0, 0.05) is 17.7 Å². The molecule has 0 unspecified atom stereocenters. The van der Waals surface area contributed by atoms with E-state index in [1.807, 2.05) is 0 Å². The molecule has 1 heterocycles. The average Bonchev–Trinajstić information content (AvgIpc) is 2.88. The fraction of sp³-hybridized carbons (Fsp3) is 0.125. The summed E-state index contributed by atoms with van der Waals surface area (Å²) < 4.78 is 40.8. The van der Waals surface area contributed by atoms with Crippen LogP contribution in [-0.4, -0.2) is 10.7 Å². The van der Waals surface area contributed by atoms with Crippen LogP contribution < -0.4 is 5.73 Å². The van der Waals surface area contributed by atoms with Gasteiger partial charge in [-0.3, -0.25) is 0 Å². The van der Waals surface area contributed by atoms with E-state index in [2.05, 4.69) is 4.99 Å². The third kappa shape index (κ3) is 2.96. The fourth-order valence-corrected chi connectivity index (χ4v) is 3.04. The average molecular weight is 355 g/mol. The number of fused-ring (bicyclic) bond motifs is 1. The van der Waals surface area contributed by atoms with E-state index in [1.54, 1.807) is 6.07 Å². The minimum absolute atomic E-state index is 0.0200. The first-order valence-electron chi connectivity index (χ1n) is 6.68. The van der Waals surface area contributed by atoms with Crippen LogP contribution in [0.15, 0.2) is 29.3 Å². The van der Waals surface area contributed by atoms with Crippen molar-refractivity contribution in [3.8, 4) is 0 Å². The molecular weight excluding hydrogens is 345 g/mol. The standard InChI is InChI=1S/C16H10ClF3N2S/c17-10-3-7(1-2-11(10)18)4-13(23)8-5-12(19)15(20)16-9(8)6-14(21)22-16/h1-3,5H,4,6H2,(H2,21,22). The lowest BCUT2D eigenvalue weighted by molar-refractivity contribution is 0.510. The minimum atomic E-state index is -1.03. The number of rotatable bonds is 3. The van der Waals surface area contributed by atoms with Crippen molar-refractivity contribution in [2.45, 2.75) is 12.8 Å². The molecule has 1 aliphatic rings. The van der Waals surface area contributed by atoms with Gasteiger partial charge in [0.05, 0.1) is 5.02 Å². The third-order valence-corrected chi connectivity index (χ3v) is 4.22. The van der Waals surface area contributed by atoms with Crippen molar-refractivity contribution >= 4 is 40.2 Å². The summed E-state index contributed by atoms with van der Waals surface area (Å²) in [6, 6.07) is 5.28. The minimum Gasteiger partial charge on any atom is -0.387 e. The first-order chi connectivity index (χ1) is 10.9. The summed E-state index contributed by atoms with van der Waals surface area (Å²) >= 11 is 11.1. The number of aliphatic imine (C=N–C) groups is 1. The second kappa shape index (κ2) is 5.94. The van der Waals surface area contributed by atoms with Gasteiger partial charge in [-0.2, -0.15) is 0 Å². The summed E-state index contributed by atoms with van der Waals surface area (Å²) in [5, 5.41) is -0.0200. The van der Waals surface area contributed by atoms with E-state index in [4.69, 9.17) is 29.6 Å². The van der Waals surface area contributed by atoms with Gasteiger partial charge in [0.15, 0.2) is 11.6 Å². The lowest BCUT2D eigenvalue weighted by Crippen LogP contribution is -2.13. The van der Waals surface area contributed by atoms with Gasteiger partial charge in [0.25, 0.3) is 0 Å². The predicted molar refractivity (Wildman–Crippen MR) is 88.2 cm³/mol. The Kier molecular flexibility index (Phi) is 4.12. The number of halogens is 4. The molecule has 1 aliphatic heterocycles. The van der Waals surface area contributed by atoms with E-state index < -0.39 is 17.5 Å². The maximum atomic E-state index is 13.8. The Balaban J connectivity index is 1.97. The largest absolute Gasteiger partial charge is 0.387 e. The van der Waals surface area contributed by atoms with Crippen LogP contribution in [0.4, 0.5) is 18.9 Å². The SMILES string of the molecule is NC1=Nc2c(F)c(F)cc(C(=S)Cc3ccc(F)c(Cl)c3)c2C1. The number of thiocarbonyl (C=S) groups is 1. The topological polar surface area (TPSA) is 38.4 Å². The van der Waals surface area contributed by atoms with Gasteiger partial charge >= 0.3 is 0 Å². The van der Waals surface area contributed by atoms with E-state index in [1.165, 1.54) is 12.1 Å². The smallest absolute Gasteiger partial charge is 0.184 e. The van der Waals surface area contributed by atoms with Gasteiger partial charge in [-0.15, -0.1) is 0 Å². The number of amidine groups is 1. The first-order valence-corrected chi connectivity index (χ1v) is 7.46. The van der Waals surface area contributed by atoms with Crippen LogP contribution in [0, 0.1) is 17.5 Å². The van der Waals surface area contributed by atoms with Crippen molar-refractivity contribution in [2.75, 3.05) is 0 Å². The molecule has 0 radical (unpaired) electrons. The number of nitrogens with zero attached hydrogens (tertiary/aromatic N) is 1.